The zero-order chi connectivity index (χ0) is 69.0. The topological polar surface area (TPSA) is 158 Å². The molecule has 0 bridgehead atoms. The van der Waals surface area contributed by atoms with Crippen molar-refractivity contribution >= 4 is 47.0 Å². The summed E-state index contributed by atoms with van der Waals surface area (Å²) in [7, 11) is -9.28. The van der Waals surface area contributed by atoms with Crippen LogP contribution in [-0.4, -0.2) is 71.1 Å². The van der Waals surface area contributed by atoms with E-state index in [0.717, 1.165) is 113 Å². The molecular weight excluding hydrogens is 1260 g/mol. The van der Waals surface area contributed by atoms with Gasteiger partial charge < -0.3 is 9.47 Å². The van der Waals surface area contributed by atoms with Crippen molar-refractivity contribution in [2.75, 3.05) is 4.90 Å². The molecule has 0 radical (unpaired) electrons. The second kappa shape index (κ2) is 32.4. The van der Waals surface area contributed by atoms with E-state index in [1.54, 1.807) is 71.9 Å². The van der Waals surface area contributed by atoms with E-state index in [1.165, 1.54) is 47.1 Å². The molecule has 2 aliphatic heterocycles. The van der Waals surface area contributed by atoms with Crippen molar-refractivity contribution in [3.05, 3.63) is 236 Å². The van der Waals surface area contributed by atoms with Crippen LogP contribution in [0.2, 0.25) is 0 Å². The molecule has 5 unspecified atom stereocenters. The fraction of sp³-hybridized carbons (Fsp3) is 0.436. The minimum absolute atomic E-state index is 0.0126. The molecule has 95 heavy (non-hydrogen) atoms. The highest BCUT2D eigenvalue weighted by molar-refractivity contribution is 7.91. The summed E-state index contributed by atoms with van der Waals surface area (Å²) in [6.07, 6.45) is 7.18. The van der Waals surface area contributed by atoms with Gasteiger partial charge in [-0.1, -0.05) is 142 Å². The minimum Gasteiger partial charge on any atom is -0.490 e. The van der Waals surface area contributed by atoms with Gasteiger partial charge in [-0.3, -0.25) is 9.59 Å². The summed E-state index contributed by atoms with van der Waals surface area (Å²) in [6.45, 7) is 19.3. The quantitative estimate of drug-likeness (QED) is 0.0598. The van der Waals surface area contributed by atoms with Gasteiger partial charge in [0.1, 0.15) is 11.9 Å². The summed E-state index contributed by atoms with van der Waals surface area (Å²) in [4.78, 5) is 26.6. The SMILES string of the molecule is CC(C)S(=O)(=O)Cc1ccc(CCc2ccc3c(c2)C(=O)N(c2ccc(C(F)(F)F)cc2)C3=O)cc1.CC1CC(Oc2ccc(CCc3ccc(CS(=O)(=O)C(C)C)cc3)cc2)CC(C)O1.CC1CCCC(c2ccc(CCc3ccc(CS(=O)(=O)C(C)C)cc3)cc2)C1C. The molecule has 7 aromatic rings. The fourth-order valence-corrected chi connectivity index (χ4v) is 15.3. The fourth-order valence-electron chi connectivity index (χ4n) is 12.3. The summed E-state index contributed by atoms with van der Waals surface area (Å²) >= 11 is 0. The summed E-state index contributed by atoms with van der Waals surface area (Å²) in [5.74, 6) is 2.30. The zero-order valence-electron chi connectivity index (χ0n) is 56.6. The van der Waals surface area contributed by atoms with E-state index < -0.39 is 58.3 Å². The van der Waals surface area contributed by atoms with Crippen LogP contribution in [0, 0.1) is 11.8 Å². The van der Waals surface area contributed by atoms with Gasteiger partial charge in [0.2, 0.25) is 0 Å². The number of carbonyl (C=O) groups is 2. The van der Waals surface area contributed by atoms with Gasteiger partial charge in [0, 0.05) is 12.8 Å². The number of alkyl halides is 3. The number of carbonyl (C=O) groups excluding carboxylic acids is 2. The van der Waals surface area contributed by atoms with Crippen LogP contribution in [0.25, 0.3) is 0 Å². The molecule has 1 saturated carbocycles. The third kappa shape index (κ3) is 20.8. The number of rotatable bonds is 22. The molecule has 2 fully saturated rings. The first-order valence-electron chi connectivity index (χ1n) is 33.4. The molecule has 10 rings (SSSR count). The molecule has 0 aromatic heterocycles. The van der Waals surface area contributed by atoms with Crippen LogP contribution in [-0.2, 0) is 96.2 Å². The second-order valence-electron chi connectivity index (χ2n) is 27.1. The first kappa shape index (κ1) is 73.9. The summed E-state index contributed by atoms with van der Waals surface area (Å²) in [5, 5.41) is -1.12. The van der Waals surface area contributed by atoms with Crippen molar-refractivity contribution < 1.29 is 57.5 Å². The Balaban J connectivity index is 0.000000184. The van der Waals surface area contributed by atoms with E-state index in [1.807, 2.05) is 48.5 Å². The average molecular weight is 1360 g/mol. The molecule has 7 aromatic carbocycles. The number of fused-ring (bicyclic) bond motifs is 1. The maximum absolute atomic E-state index is 12.9. The molecule has 1 aliphatic carbocycles. The maximum Gasteiger partial charge on any atom is 0.416 e. The molecule has 0 spiro atoms. The van der Waals surface area contributed by atoms with Crippen molar-refractivity contribution in [1.82, 2.24) is 0 Å². The molecule has 1 saturated heterocycles. The Labute approximate surface area is 563 Å². The Morgan fingerprint density at radius 3 is 1.22 bits per heavy atom. The van der Waals surface area contributed by atoms with Crippen LogP contribution in [0.3, 0.4) is 0 Å². The van der Waals surface area contributed by atoms with Gasteiger partial charge in [-0.2, -0.15) is 13.2 Å². The normalized spacial score (nSPS) is 19.3. The molecule has 5 atom stereocenters. The van der Waals surface area contributed by atoms with E-state index in [2.05, 4.69) is 88.4 Å². The lowest BCUT2D eigenvalue weighted by atomic mass is 9.71. The lowest BCUT2D eigenvalue weighted by Crippen LogP contribution is -2.35. The first-order chi connectivity index (χ1) is 44.8. The Hall–Kier alpha value is -6.92. The van der Waals surface area contributed by atoms with Crippen LogP contribution in [0.5, 0.6) is 5.75 Å². The number of sulfone groups is 3. The monoisotopic (exact) mass is 1360 g/mol. The van der Waals surface area contributed by atoms with Gasteiger partial charge >= 0.3 is 6.18 Å². The molecule has 2 heterocycles. The van der Waals surface area contributed by atoms with Crippen LogP contribution >= 0.6 is 0 Å². The molecule has 0 N–H and O–H groups in total. The number of benzene rings is 7. The minimum atomic E-state index is -4.51. The van der Waals surface area contributed by atoms with Crippen LogP contribution in [0.1, 0.15) is 189 Å². The zero-order valence-corrected chi connectivity index (χ0v) is 59.0. The number of amides is 2. The standard InChI is InChI=1S/C27H24F3NO4S.C26H36O2S.C25H34O4S/c1-17(2)36(34,35)16-20-7-4-18(5-8-20)3-6-19-9-14-23-24(15-19)26(33)31(25(23)32)22-12-10-21(11-13-22)27(28,29)30;1-19(2)29(27,28)18-24-12-10-22(11-13-24)8-9-23-14-16-25(17-15-23)26-7-5-6-20(3)21(26)4;1-18(2)30(26,27)17-23-9-7-21(8-10-23)5-6-22-11-13-24(14-12-22)29-25-15-19(3)28-20(4)16-25/h4-5,7-15,17H,3,6,16H2,1-2H3;10-17,19-21,26H,5-9,18H2,1-4H3;7-14,18-20,25H,5-6,15-17H2,1-4H3. The average Bonchev–Trinajstić information content (AvgIpc) is 1.62. The molecule has 3 aliphatic rings. The number of imide groups is 1. The van der Waals surface area contributed by atoms with E-state index >= 15 is 0 Å². The van der Waals surface area contributed by atoms with Crippen LogP contribution in [0.4, 0.5) is 18.9 Å². The number of halogens is 3. The summed E-state index contributed by atoms with van der Waals surface area (Å²) in [6, 6.07) is 49.9. The Morgan fingerprint density at radius 1 is 0.463 bits per heavy atom. The predicted octanol–water partition coefficient (Wildman–Crippen LogP) is 17.1. The van der Waals surface area contributed by atoms with Crippen LogP contribution in [0.15, 0.2) is 164 Å². The van der Waals surface area contributed by atoms with Crippen molar-refractivity contribution in [2.45, 2.75) is 203 Å². The summed E-state index contributed by atoms with van der Waals surface area (Å²) < 4.78 is 123. The molecule has 17 heteroatoms. The molecule has 510 valence electrons. The van der Waals surface area contributed by atoms with Crippen molar-refractivity contribution in [3.63, 3.8) is 0 Å². The lowest BCUT2D eigenvalue weighted by Gasteiger charge is -2.34. The molecule has 2 amide bonds. The smallest absolute Gasteiger partial charge is 0.416 e. The molecule has 11 nitrogen and oxygen atoms in total. The first-order valence-corrected chi connectivity index (χ1v) is 38.6. The highest BCUT2D eigenvalue weighted by atomic mass is 32.2. The van der Waals surface area contributed by atoms with Gasteiger partial charge in [-0.05, 0) is 222 Å². The Bertz CT molecular complexity index is 4010. The van der Waals surface area contributed by atoms with Gasteiger partial charge in [0.25, 0.3) is 11.8 Å². The van der Waals surface area contributed by atoms with Crippen molar-refractivity contribution in [1.29, 1.82) is 0 Å². The van der Waals surface area contributed by atoms with Crippen molar-refractivity contribution in [2.24, 2.45) is 11.8 Å². The maximum atomic E-state index is 12.9. The van der Waals surface area contributed by atoms with Gasteiger partial charge in [-0.25, -0.2) is 30.2 Å². The van der Waals surface area contributed by atoms with E-state index in [-0.39, 0.29) is 62.9 Å². The number of anilines is 1. The number of hydrogen-bond acceptors (Lipinski definition) is 10. The Kier molecular flexibility index (Phi) is 25.2. The van der Waals surface area contributed by atoms with Gasteiger partial charge in [-0.15, -0.1) is 0 Å². The van der Waals surface area contributed by atoms with Gasteiger partial charge in [0.05, 0.1) is 67.6 Å². The predicted molar refractivity (Wildman–Crippen MR) is 375 cm³/mol. The van der Waals surface area contributed by atoms with Crippen molar-refractivity contribution in [3.8, 4) is 5.75 Å². The Morgan fingerprint density at radius 2 is 0.821 bits per heavy atom. The van der Waals surface area contributed by atoms with Gasteiger partial charge in [0.15, 0.2) is 29.5 Å². The third-order valence-corrected chi connectivity index (χ3v) is 25.3. The summed E-state index contributed by atoms with van der Waals surface area (Å²) in [5.41, 5.74) is 10.5. The van der Waals surface area contributed by atoms with E-state index in [9.17, 15) is 48.0 Å². The largest absolute Gasteiger partial charge is 0.490 e. The van der Waals surface area contributed by atoms with E-state index in [0.29, 0.717) is 18.8 Å². The second-order valence-corrected chi connectivity index (χ2v) is 34.8. The highest BCUT2D eigenvalue weighted by Crippen LogP contribution is 2.41. The third-order valence-electron chi connectivity index (χ3n) is 18.8. The van der Waals surface area contributed by atoms with Crippen LogP contribution < -0.4 is 9.64 Å². The number of hydrogen-bond donors (Lipinski definition) is 0. The number of nitrogens with zero attached hydrogens (tertiary/aromatic N) is 1. The number of ether oxygens (including phenoxy) is 2. The molecular formula is C78H94F3NO10S3. The van der Waals surface area contributed by atoms with E-state index in [4.69, 9.17) is 9.47 Å². The lowest BCUT2D eigenvalue weighted by molar-refractivity contribution is -0.137. The highest BCUT2D eigenvalue weighted by Gasteiger charge is 2.38. The number of aryl methyl sites for hydroxylation is 6.